The highest BCUT2D eigenvalue weighted by molar-refractivity contribution is 5.93. The Hall–Kier alpha value is -2.81. The molecular formula is C22H33N3O6. The Morgan fingerprint density at radius 2 is 1.68 bits per heavy atom. The SMILES string of the molecule is CNC1(C(=O)N(C=O)Cc2cc(OC)cc(OC)c2)CCN(C(=O)OC(C)(C)C)CC1. The highest BCUT2D eigenvalue weighted by Gasteiger charge is 2.44. The minimum atomic E-state index is -0.942. The van der Waals surface area contributed by atoms with E-state index >= 15 is 0 Å². The number of benzene rings is 1. The third kappa shape index (κ3) is 6.10. The molecule has 31 heavy (non-hydrogen) atoms. The number of hydrogen-bond donors (Lipinski definition) is 1. The van der Waals surface area contributed by atoms with Crippen LogP contribution in [0, 0.1) is 0 Å². The number of ether oxygens (including phenoxy) is 3. The normalized spacial score (nSPS) is 15.7. The fourth-order valence-corrected chi connectivity index (χ4v) is 3.55. The second-order valence-corrected chi connectivity index (χ2v) is 8.56. The van der Waals surface area contributed by atoms with Crippen molar-refractivity contribution < 1.29 is 28.6 Å². The van der Waals surface area contributed by atoms with Crippen LogP contribution in [0.4, 0.5) is 4.79 Å². The molecule has 0 atom stereocenters. The zero-order valence-electron chi connectivity index (χ0n) is 19.2. The third-order valence-corrected chi connectivity index (χ3v) is 5.31. The Labute approximate surface area is 183 Å². The predicted octanol–water partition coefficient (Wildman–Crippen LogP) is 2.18. The molecular weight excluding hydrogens is 402 g/mol. The summed E-state index contributed by atoms with van der Waals surface area (Å²) in [6.07, 6.45) is 0.870. The van der Waals surface area contributed by atoms with Crippen LogP contribution in [-0.4, -0.2) is 73.7 Å². The monoisotopic (exact) mass is 435 g/mol. The van der Waals surface area contributed by atoms with Crippen LogP contribution in [0.2, 0.25) is 0 Å². The van der Waals surface area contributed by atoms with Crippen molar-refractivity contribution in [2.75, 3.05) is 34.4 Å². The van der Waals surface area contributed by atoms with Crippen LogP contribution in [0.5, 0.6) is 11.5 Å². The molecule has 0 unspecified atom stereocenters. The number of imide groups is 1. The van der Waals surface area contributed by atoms with E-state index in [1.54, 1.807) is 30.1 Å². The largest absolute Gasteiger partial charge is 0.497 e. The van der Waals surface area contributed by atoms with Crippen LogP contribution >= 0.6 is 0 Å². The Morgan fingerprint density at radius 1 is 1.13 bits per heavy atom. The number of likely N-dealkylation sites (N-methyl/N-ethyl adjacent to an activating group) is 1. The Kier molecular flexibility index (Phi) is 7.89. The number of carbonyl (C=O) groups is 3. The zero-order chi connectivity index (χ0) is 23.2. The molecule has 2 rings (SSSR count). The molecule has 1 aromatic rings. The van der Waals surface area contributed by atoms with E-state index in [4.69, 9.17) is 14.2 Å². The number of nitrogens with one attached hydrogen (secondary N) is 1. The number of hydrogen-bond acceptors (Lipinski definition) is 7. The predicted molar refractivity (Wildman–Crippen MR) is 115 cm³/mol. The van der Waals surface area contributed by atoms with E-state index in [2.05, 4.69) is 5.32 Å². The van der Waals surface area contributed by atoms with Crippen LogP contribution in [0.3, 0.4) is 0 Å². The van der Waals surface area contributed by atoms with Crippen molar-refractivity contribution in [3.05, 3.63) is 23.8 Å². The summed E-state index contributed by atoms with van der Waals surface area (Å²) in [5.41, 5.74) is -0.826. The first-order chi connectivity index (χ1) is 14.6. The molecule has 1 aromatic carbocycles. The van der Waals surface area contributed by atoms with E-state index in [1.165, 1.54) is 14.2 Å². The molecule has 1 saturated heterocycles. The van der Waals surface area contributed by atoms with E-state index in [-0.39, 0.29) is 12.5 Å². The molecule has 1 aliphatic rings. The first kappa shape index (κ1) is 24.5. The lowest BCUT2D eigenvalue weighted by atomic mass is 9.86. The van der Waals surface area contributed by atoms with E-state index < -0.39 is 17.2 Å². The average Bonchev–Trinajstić information content (AvgIpc) is 2.75. The van der Waals surface area contributed by atoms with Gasteiger partial charge in [-0.2, -0.15) is 0 Å². The first-order valence-corrected chi connectivity index (χ1v) is 10.2. The van der Waals surface area contributed by atoms with Gasteiger partial charge in [-0.25, -0.2) is 4.79 Å². The van der Waals surface area contributed by atoms with E-state index in [0.29, 0.717) is 49.4 Å². The number of amides is 3. The summed E-state index contributed by atoms with van der Waals surface area (Å²) in [7, 11) is 4.77. The second-order valence-electron chi connectivity index (χ2n) is 8.56. The molecule has 9 heteroatoms. The summed E-state index contributed by atoms with van der Waals surface area (Å²) in [6.45, 7) is 6.21. The average molecular weight is 436 g/mol. The molecule has 9 nitrogen and oxygen atoms in total. The Balaban J connectivity index is 2.13. The van der Waals surface area contributed by atoms with Gasteiger partial charge in [-0.3, -0.25) is 14.5 Å². The van der Waals surface area contributed by atoms with Gasteiger partial charge in [0.2, 0.25) is 12.3 Å². The van der Waals surface area contributed by atoms with Crippen molar-refractivity contribution in [2.45, 2.75) is 51.3 Å². The van der Waals surface area contributed by atoms with Gasteiger partial charge in [-0.15, -0.1) is 0 Å². The lowest BCUT2D eigenvalue weighted by Crippen LogP contribution is -2.62. The van der Waals surface area contributed by atoms with Crippen molar-refractivity contribution in [3.8, 4) is 11.5 Å². The van der Waals surface area contributed by atoms with Gasteiger partial charge in [-0.1, -0.05) is 0 Å². The maximum Gasteiger partial charge on any atom is 0.410 e. The second kappa shape index (κ2) is 10.00. The first-order valence-electron chi connectivity index (χ1n) is 10.2. The number of nitrogens with zero attached hydrogens (tertiary/aromatic N) is 2. The number of piperidine rings is 1. The van der Waals surface area contributed by atoms with E-state index in [0.717, 1.165) is 4.90 Å². The summed E-state index contributed by atoms with van der Waals surface area (Å²) in [5, 5.41) is 3.09. The van der Waals surface area contributed by atoms with Gasteiger partial charge >= 0.3 is 6.09 Å². The molecule has 172 valence electrons. The summed E-state index contributed by atoms with van der Waals surface area (Å²) in [6, 6.07) is 5.23. The molecule has 0 radical (unpaired) electrons. The van der Waals surface area contributed by atoms with E-state index in [1.807, 2.05) is 20.8 Å². The van der Waals surface area contributed by atoms with Crippen LogP contribution in [-0.2, 0) is 20.9 Å². The highest BCUT2D eigenvalue weighted by atomic mass is 16.6. The molecule has 3 amide bonds. The summed E-state index contributed by atoms with van der Waals surface area (Å²) in [5.74, 6) is 0.805. The lowest BCUT2D eigenvalue weighted by Gasteiger charge is -2.42. The van der Waals surface area contributed by atoms with Crippen molar-refractivity contribution in [1.29, 1.82) is 0 Å². The molecule has 0 saturated carbocycles. The third-order valence-electron chi connectivity index (χ3n) is 5.31. The number of methoxy groups -OCH3 is 2. The topological polar surface area (TPSA) is 97.4 Å². The fourth-order valence-electron chi connectivity index (χ4n) is 3.55. The van der Waals surface area contributed by atoms with Crippen LogP contribution in [0.1, 0.15) is 39.2 Å². The minimum Gasteiger partial charge on any atom is -0.497 e. The van der Waals surface area contributed by atoms with E-state index in [9.17, 15) is 14.4 Å². The summed E-state index contributed by atoms with van der Waals surface area (Å²) < 4.78 is 16.0. The quantitative estimate of drug-likeness (QED) is 0.656. The number of carbonyl (C=O) groups excluding carboxylic acids is 3. The van der Waals surface area contributed by atoms with Gasteiger partial charge < -0.3 is 24.4 Å². The van der Waals surface area contributed by atoms with Gasteiger partial charge in [0.1, 0.15) is 22.6 Å². The van der Waals surface area contributed by atoms with Gasteiger partial charge in [0.25, 0.3) is 0 Å². The number of rotatable bonds is 7. The maximum absolute atomic E-state index is 13.3. The Morgan fingerprint density at radius 3 is 2.10 bits per heavy atom. The highest BCUT2D eigenvalue weighted by Crippen LogP contribution is 2.28. The lowest BCUT2D eigenvalue weighted by molar-refractivity contribution is -0.146. The minimum absolute atomic E-state index is 0.0785. The fraction of sp³-hybridized carbons (Fsp3) is 0.591. The van der Waals surface area contributed by atoms with Crippen molar-refractivity contribution in [1.82, 2.24) is 15.1 Å². The molecule has 0 bridgehead atoms. The van der Waals surface area contributed by atoms with Gasteiger partial charge in [-0.05, 0) is 58.4 Å². The van der Waals surface area contributed by atoms with Crippen LogP contribution in [0.15, 0.2) is 18.2 Å². The van der Waals surface area contributed by atoms with Gasteiger partial charge in [0.05, 0.1) is 20.8 Å². The summed E-state index contributed by atoms with van der Waals surface area (Å²) >= 11 is 0. The molecule has 0 aliphatic carbocycles. The standard InChI is InChI=1S/C22H33N3O6/c1-21(2,3)31-20(28)24-9-7-22(23-4,8-10-24)19(27)25(15-26)14-16-11-17(29-5)13-18(12-16)30-6/h11-13,15,23H,7-10,14H2,1-6H3. The molecule has 0 aromatic heterocycles. The van der Waals surface area contributed by atoms with Gasteiger partial charge in [0, 0.05) is 19.2 Å². The van der Waals surface area contributed by atoms with Crippen LogP contribution in [0.25, 0.3) is 0 Å². The molecule has 1 heterocycles. The smallest absolute Gasteiger partial charge is 0.410 e. The van der Waals surface area contributed by atoms with Crippen molar-refractivity contribution in [2.24, 2.45) is 0 Å². The maximum atomic E-state index is 13.3. The molecule has 0 spiro atoms. The summed E-state index contributed by atoms with van der Waals surface area (Å²) in [4.78, 5) is 40.2. The number of likely N-dealkylation sites (tertiary alicyclic amines) is 1. The van der Waals surface area contributed by atoms with Gasteiger partial charge in [0.15, 0.2) is 0 Å². The molecule has 1 fully saturated rings. The molecule has 1 N–H and O–H groups in total. The zero-order valence-corrected chi connectivity index (χ0v) is 19.2. The van der Waals surface area contributed by atoms with Crippen LogP contribution < -0.4 is 14.8 Å². The van der Waals surface area contributed by atoms with Crippen molar-refractivity contribution in [3.63, 3.8) is 0 Å². The van der Waals surface area contributed by atoms with Crippen molar-refractivity contribution >= 4 is 18.4 Å². The molecule has 1 aliphatic heterocycles. The Bertz CT molecular complexity index is 775.